The molecule has 2 aromatic rings. The first-order valence-corrected chi connectivity index (χ1v) is 5.94. The fraction of sp³-hybridized carbons (Fsp3) is 0.231. The van der Waals surface area contributed by atoms with Crippen LogP contribution >= 0.6 is 11.6 Å². The highest BCUT2D eigenvalue weighted by atomic mass is 35.5. The third-order valence-corrected chi connectivity index (χ3v) is 2.32. The number of hydrogen-bond acceptors (Lipinski definition) is 4. The molecule has 0 saturated heterocycles. The maximum absolute atomic E-state index is 5.73. The number of nitrogens with zero attached hydrogens (tertiary/aromatic N) is 2. The zero-order valence-electron chi connectivity index (χ0n) is 9.97. The summed E-state index contributed by atoms with van der Waals surface area (Å²) in [5.41, 5.74) is 0.772. The van der Waals surface area contributed by atoms with E-state index in [9.17, 15) is 0 Å². The Balaban J connectivity index is 1.78. The van der Waals surface area contributed by atoms with Crippen LogP contribution in [0.25, 0.3) is 0 Å². The van der Waals surface area contributed by atoms with Crippen LogP contribution in [0.15, 0.2) is 36.4 Å². The Kier molecular flexibility index (Phi) is 4.36. The molecule has 4 nitrogen and oxygen atoms in total. The maximum Gasteiger partial charge on any atom is 0.225 e. The summed E-state index contributed by atoms with van der Waals surface area (Å²) in [5.74, 6) is 1.28. The van der Waals surface area contributed by atoms with Gasteiger partial charge in [-0.3, -0.25) is 0 Å². The van der Waals surface area contributed by atoms with Gasteiger partial charge in [0.25, 0.3) is 0 Å². The van der Waals surface area contributed by atoms with Gasteiger partial charge in [-0.25, -0.2) is 4.98 Å². The molecule has 0 amide bonds. The molecule has 0 unspecified atom stereocenters. The first kappa shape index (κ1) is 12.6. The molecule has 1 aromatic heterocycles. The highest BCUT2D eigenvalue weighted by molar-refractivity contribution is 6.28. The molecule has 94 valence electrons. The third kappa shape index (κ3) is 3.89. The van der Waals surface area contributed by atoms with E-state index in [0.29, 0.717) is 19.1 Å². The molecule has 0 fully saturated rings. The lowest BCUT2D eigenvalue weighted by atomic mass is 10.3. The van der Waals surface area contributed by atoms with Crippen LogP contribution in [0.2, 0.25) is 5.28 Å². The van der Waals surface area contributed by atoms with Crippen molar-refractivity contribution in [1.82, 2.24) is 9.97 Å². The van der Waals surface area contributed by atoms with Crippen molar-refractivity contribution in [3.63, 3.8) is 0 Å². The van der Waals surface area contributed by atoms with Gasteiger partial charge in [-0.1, -0.05) is 18.2 Å². The third-order valence-electron chi connectivity index (χ3n) is 2.15. The molecule has 0 atom stereocenters. The lowest BCUT2D eigenvalue weighted by Crippen LogP contribution is -2.10. The van der Waals surface area contributed by atoms with E-state index in [1.54, 1.807) is 6.07 Å². The summed E-state index contributed by atoms with van der Waals surface area (Å²) >= 11 is 5.73. The molecule has 0 bridgehead atoms. The van der Waals surface area contributed by atoms with Crippen molar-refractivity contribution < 1.29 is 9.47 Å². The molecule has 0 aliphatic carbocycles. The summed E-state index contributed by atoms with van der Waals surface area (Å²) in [6, 6.07) is 11.3. The van der Waals surface area contributed by atoms with Gasteiger partial charge in [0.1, 0.15) is 19.0 Å². The average molecular weight is 265 g/mol. The minimum Gasteiger partial charge on any atom is -0.490 e. The summed E-state index contributed by atoms with van der Waals surface area (Å²) in [4.78, 5) is 7.91. The van der Waals surface area contributed by atoms with Gasteiger partial charge in [-0.05, 0) is 30.7 Å². The number of para-hydroxylation sites is 1. The fourth-order valence-corrected chi connectivity index (χ4v) is 1.62. The molecule has 0 aliphatic rings. The van der Waals surface area contributed by atoms with Gasteiger partial charge in [-0.2, -0.15) is 4.98 Å². The molecule has 18 heavy (non-hydrogen) atoms. The second-order valence-electron chi connectivity index (χ2n) is 3.63. The molecule has 1 heterocycles. The zero-order chi connectivity index (χ0) is 12.8. The number of halogens is 1. The van der Waals surface area contributed by atoms with Crippen molar-refractivity contribution in [1.29, 1.82) is 0 Å². The predicted octanol–water partition coefficient (Wildman–Crippen LogP) is 2.90. The molecule has 0 radical (unpaired) electrons. The van der Waals surface area contributed by atoms with Gasteiger partial charge in [0.15, 0.2) is 0 Å². The molecular weight excluding hydrogens is 252 g/mol. The van der Waals surface area contributed by atoms with Gasteiger partial charge in [-0.15, -0.1) is 0 Å². The van der Waals surface area contributed by atoms with Crippen LogP contribution in [0.1, 0.15) is 5.69 Å². The standard InChI is InChI=1S/C13H13ClN2O2/c1-10-9-12(16-13(14)15-10)18-8-7-17-11-5-3-2-4-6-11/h2-6,9H,7-8H2,1H3. The van der Waals surface area contributed by atoms with E-state index in [0.717, 1.165) is 11.4 Å². The van der Waals surface area contributed by atoms with Crippen LogP contribution in [0.5, 0.6) is 11.6 Å². The predicted molar refractivity (Wildman–Crippen MR) is 69.2 cm³/mol. The van der Waals surface area contributed by atoms with E-state index in [1.807, 2.05) is 37.3 Å². The van der Waals surface area contributed by atoms with E-state index < -0.39 is 0 Å². The number of aromatic nitrogens is 2. The van der Waals surface area contributed by atoms with Crippen molar-refractivity contribution in [2.75, 3.05) is 13.2 Å². The summed E-state index contributed by atoms with van der Waals surface area (Å²) in [5, 5.41) is 0.189. The minimum atomic E-state index is 0.189. The quantitative estimate of drug-likeness (QED) is 0.615. The fourth-order valence-electron chi connectivity index (χ4n) is 1.40. The van der Waals surface area contributed by atoms with Crippen LogP contribution in [0.3, 0.4) is 0 Å². The largest absolute Gasteiger partial charge is 0.490 e. The van der Waals surface area contributed by atoms with Gasteiger partial charge in [0.2, 0.25) is 11.2 Å². The Bertz CT molecular complexity index is 485. The second-order valence-corrected chi connectivity index (χ2v) is 3.96. The van der Waals surface area contributed by atoms with Crippen molar-refractivity contribution in [3.05, 3.63) is 47.4 Å². The van der Waals surface area contributed by atoms with E-state index in [2.05, 4.69) is 9.97 Å². The smallest absolute Gasteiger partial charge is 0.225 e. The Hall–Kier alpha value is -1.81. The lowest BCUT2D eigenvalue weighted by Gasteiger charge is -2.08. The highest BCUT2D eigenvalue weighted by Crippen LogP contribution is 2.12. The summed E-state index contributed by atoms with van der Waals surface area (Å²) in [6.45, 7) is 2.69. The van der Waals surface area contributed by atoms with Gasteiger partial charge in [0.05, 0.1) is 0 Å². The Morgan fingerprint density at radius 3 is 2.50 bits per heavy atom. The Morgan fingerprint density at radius 1 is 1.06 bits per heavy atom. The van der Waals surface area contributed by atoms with Crippen molar-refractivity contribution in [3.8, 4) is 11.6 Å². The van der Waals surface area contributed by atoms with Crippen LogP contribution in [0.4, 0.5) is 0 Å². The van der Waals surface area contributed by atoms with Crippen LogP contribution in [-0.2, 0) is 0 Å². The van der Waals surface area contributed by atoms with Crippen LogP contribution < -0.4 is 9.47 Å². The SMILES string of the molecule is Cc1cc(OCCOc2ccccc2)nc(Cl)n1. The summed E-state index contributed by atoms with van der Waals surface area (Å²) in [7, 11) is 0. The number of rotatable bonds is 5. The maximum atomic E-state index is 5.73. The summed E-state index contributed by atoms with van der Waals surface area (Å²) < 4.78 is 10.9. The Labute approximate surface area is 111 Å². The number of ether oxygens (including phenoxy) is 2. The second kappa shape index (κ2) is 6.21. The van der Waals surface area contributed by atoms with E-state index in [-0.39, 0.29) is 5.28 Å². The molecule has 0 N–H and O–H groups in total. The molecular formula is C13H13ClN2O2. The normalized spacial score (nSPS) is 10.1. The van der Waals surface area contributed by atoms with Crippen molar-refractivity contribution in [2.24, 2.45) is 0 Å². The van der Waals surface area contributed by atoms with Crippen LogP contribution in [-0.4, -0.2) is 23.2 Å². The molecule has 5 heteroatoms. The van der Waals surface area contributed by atoms with Gasteiger partial charge < -0.3 is 9.47 Å². The number of hydrogen-bond donors (Lipinski definition) is 0. The molecule has 0 saturated carbocycles. The average Bonchev–Trinajstić information content (AvgIpc) is 2.35. The van der Waals surface area contributed by atoms with Gasteiger partial charge >= 0.3 is 0 Å². The van der Waals surface area contributed by atoms with Gasteiger partial charge in [0, 0.05) is 11.8 Å². The van der Waals surface area contributed by atoms with E-state index >= 15 is 0 Å². The topological polar surface area (TPSA) is 44.2 Å². The van der Waals surface area contributed by atoms with Crippen molar-refractivity contribution >= 4 is 11.6 Å². The van der Waals surface area contributed by atoms with Crippen LogP contribution in [0, 0.1) is 6.92 Å². The molecule has 1 aromatic carbocycles. The molecule has 0 aliphatic heterocycles. The van der Waals surface area contributed by atoms with Crippen molar-refractivity contribution in [2.45, 2.75) is 6.92 Å². The number of benzene rings is 1. The highest BCUT2D eigenvalue weighted by Gasteiger charge is 2.01. The first-order valence-electron chi connectivity index (χ1n) is 5.56. The monoisotopic (exact) mass is 264 g/mol. The zero-order valence-corrected chi connectivity index (χ0v) is 10.7. The summed E-state index contributed by atoms with van der Waals surface area (Å²) in [6.07, 6.45) is 0. The number of aryl methyl sites for hydroxylation is 1. The Morgan fingerprint density at radius 2 is 1.78 bits per heavy atom. The van der Waals surface area contributed by atoms with E-state index in [4.69, 9.17) is 21.1 Å². The molecule has 0 spiro atoms. The lowest BCUT2D eigenvalue weighted by molar-refractivity contribution is 0.211. The molecule has 2 rings (SSSR count). The van der Waals surface area contributed by atoms with E-state index in [1.165, 1.54) is 0 Å². The first-order chi connectivity index (χ1) is 8.74. The minimum absolute atomic E-state index is 0.189.